The smallest absolute Gasteiger partial charge is 0.248 e. The minimum Gasteiger partial charge on any atom is -0.493 e. The molecule has 0 fully saturated rings. The normalized spacial score (nSPS) is 10.8. The van der Waals surface area contributed by atoms with Gasteiger partial charge in [0.25, 0.3) is 0 Å². The van der Waals surface area contributed by atoms with Crippen LogP contribution in [0.2, 0.25) is 0 Å². The molecule has 4 heteroatoms. The summed E-state index contributed by atoms with van der Waals surface area (Å²) in [4.78, 5) is 14.5. The number of unbranched alkanes of at least 4 members (excludes halogenated alkanes) is 1. The molecule has 2 aromatic rings. The molecule has 0 bridgehead atoms. The molecule has 0 heterocycles. The zero-order chi connectivity index (χ0) is 19.5. The van der Waals surface area contributed by atoms with Gasteiger partial charge in [-0.25, -0.2) is 0 Å². The van der Waals surface area contributed by atoms with Gasteiger partial charge in [-0.05, 0) is 56.7 Å². The van der Waals surface area contributed by atoms with E-state index in [4.69, 9.17) is 4.74 Å². The summed E-state index contributed by atoms with van der Waals surface area (Å²) in [5.41, 5.74) is 2.85. The Hall–Kier alpha value is -2.75. The zero-order valence-electron chi connectivity index (χ0n) is 16.6. The standard InChI is InChI=1S/C23H30N2O2/c1-4-7-18-27-22-11-9-8-10-19(22)12-17-23(26)24-20-13-15-21(16-14-20)25(5-2)6-3/h8-17H,4-7,18H2,1-3H3,(H,24,26)/b17-12+. The monoisotopic (exact) mass is 366 g/mol. The molecule has 1 N–H and O–H groups in total. The van der Waals surface area contributed by atoms with Gasteiger partial charge in [0.1, 0.15) is 5.75 Å². The number of carbonyl (C=O) groups is 1. The number of anilines is 2. The summed E-state index contributed by atoms with van der Waals surface area (Å²) in [6, 6.07) is 15.7. The van der Waals surface area contributed by atoms with Gasteiger partial charge in [-0.1, -0.05) is 31.5 Å². The highest BCUT2D eigenvalue weighted by Crippen LogP contribution is 2.20. The number of rotatable bonds is 10. The first kappa shape index (κ1) is 20.6. The number of hydrogen-bond donors (Lipinski definition) is 1. The van der Waals surface area contributed by atoms with Gasteiger partial charge in [0.2, 0.25) is 5.91 Å². The fourth-order valence-corrected chi connectivity index (χ4v) is 2.77. The Morgan fingerprint density at radius 2 is 1.74 bits per heavy atom. The summed E-state index contributed by atoms with van der Waals surface area (Å²) in [7, 11) is 0. The SMILES string of the molecule is CCCCOc1ccccc1/C=C/C(=O)Nc1ccc(N(CC)CC)cc1. The van der Waals surface area contributed by atoms with Crippen LogP contribution in [0, 0.1) is 0 Å². The minimum atomic E-state index is -0.158. The van der Waals surface area contributed by atoms with E-state index in [0.717, 1.165) is 48.6 Å². The van der Waals surface area contributed by atoms with Crippen LogP contribution in [-0.4, -0.2) is 25.6 Å². The lowest BCUT2D eigenvalue weighted by Gasteiger charge is -2.21. The van der Waals surface area contributed by atoms with Crippen LogP contribution >= 0.6 is 0 Å². The van der Waals surface area contributed by atoms with Gasteiger partial charge in [0.15, 0.2) is 0 Å². The topological polar surface area (TPSA) is 41.6 Å². The van der Waals surface area contributed by atoms with E-state index < -0.39 is 0 Å². The van der Waals surface area contributed by atoms with Crippen LogP contribution in [0.5, 0.6) is 5.75 Å². The first-order valence-electron chi connectivity index (χ1n) is 9.73. The Kier molecular flexibility index (Phi) is 8.43. The van der Waals surface area contributed by atoms with Crippen molar-refractivity contribution in [3.8, 4) is 5.75 Å². The van der Waals surface area contributed by atoms with E-state index in [2.05, 4.69) is 31.0 Å². The molecule has 0 spiro atoms. The van der Waals surface area contributed by atoms with Crippen LogP contribution in [0.1, 0.15) is 39.2 Å². The molecule has 27 heavy (non-hydrogen) atoms. The number of hydrogen-bond acceptors (Lipinski definition) is 3. The summed E-state index contributed by atoms with van der Waals surface area (Å²) in [5.74, 6) is 0.646. The molecule has 0 aliphatic rings. The van der Waals surface area contributed by atoms with E-state index in [1.807, 2.05) is 48.5 Å². The largest absolute Gasteiger partial charge is 0.493 e. The lowest BCUT2D eigenvalue weighted by molar-refractivity contribution is -0.111. The summed E-state index contributed by atoms with van der Waals surface area (Å²) < 4.78 is 5.80. The average Bonchev–Trinajstić information content (AvgIpc) is 2.69. The third-order valence-electron chi connectivity index (χ3n) is 4.35. The molecule has 0 unspecified atom stereocenters. The third-order valence-corrected chi connectivity index (χ3v) is 4.35. The molecule has 0 aromatic heterocycles. The van der Waals surface area contributed by atoms with E-state index in [1.54, 1.807) is 12.2 Å². The molecule has 2 rings (SSSR count). The zero-order valence-corrected chi connectivity index (χ0v) is 16.6. The maximum absolute atomic E-state index is 12.2. The Labute approximate surface area is 162 Å². The second-order valence-corrected chi connectivity index (χ2v) is 6.28. The Balaban J connectivity index is 1.97. The van der Waals surface area contributed by atoms with Crippen LogP contribution in [0.4, 0.5) is 11.4 Å². The second kappa shape index (κ2) is 11.1. The van der Waals surface area contributed by atoms with Crippen molar-refractivity contribution in [1.29, 1.82) is 0 Å². The number of carbonyl (C=O) groups excluding carboxylic acids is 1. The van der Waals surface area contributed by atoms with Crippen LogP contribution in [0.3, 0.4) is 0 Å². The summed E-state index contributed by atoms with van der Waals surface area (Å²) in [5, 5.41) is 2.90. The number of amides is 1. The molecular weight excluding hydrogens is 336 g/mol. The van der Waals surface area contributed by atoms with Crippen LogP contribution in [0.15, 0.2) is 54.6 Å². The molecule has 4 nitrogen and oxygen atoms in total. The molecule has 0 radical (unpaired) electrons. The molecule has 0 aliphatic carbocycles. The van der Waals surface area contributed by atoms with Gasteiger partial charge in [-0.2, -0.15) is 0 Å². The lowest BCUT2D eigenvalue weighted by Crippen LogP contribution is -2.21. The molecule has 144 valence electrons. The first-order chi connectivity index (χ1) is 13.2. The number of ether oxygens (including phenoxy) is 1. The van der Waals surface area contributed by atoms with E-state index in [0.29, 0.717) is 6.61 Å². The number of nitrogens with zero attached hydrogens (tertiary/aromatic N) is 1. The number of nitrogens with one attached hydrogen (secondary N) is 1. The fourth-order valence-electron chi connectivity index (χ4n) is 2.77. The average molecular weight is 367 g/mol. The Bertz CT molecular complexity index is 734. The van der Waals surface area contributed by atoms with Crippen molar-refractivity contribution >= 4 is 23.4 Å². The van der Waals surface area contributed by atoms with Crippen molar-refractivity contribution in [2.24, 2.45) is 0 Å². The third kappa shape index (κ3) is 6.48. The van der Waals surface area contributed by atoms with Gasteiger partial charge in [-0.15, -0.1) is 0 Å². The quantitative estimate of drug-likeness (QED) is 0.454. The van der Waals surface area contributed by atoms with Crippen LogP contribution < -0.4 is 15.0 Å². The van der Waals surface area contributed by atoms with Crippen molar-refractivity contribution in [1.82, 2.24) is 0 Å². The van der Waals surface area contributed by atoms with Crippen molar-refractivity contribution in [2.45, 2.75) is 33.6 Å². The maximum Gasteiger partial charge on any atom is 0.248 e. The van der Waals surface area contributed by atoms with Crippen LogP contribution in [-0.2, 0) is 4.79 Å². The van der Waals surface area contributed by atoms with E-state index in [-0.39, 0.29) is 5.91 Å². The second-order valence-electron chi connectivity index (χ2n) is 6.28. The lowest BCUT2D eigenvalue weighted by atomic mass is 10.2. The molecule has 1 amide bonds. The molecule has 0 aliphatic heterocycles. The van der Waals surface area contributed by atoms with Gasteiger partial charge < -0.3 is 15.0 Å². The Morgan fingerprint density at radius 3 is 2.41 bits per heavy atom. The van der Waals surface area contributed by atoms with Gasteiger partial charge in [0, 0.05) is 36.1 Å². The van der Waals surface area contributed by atoms with Gasteiger partial charge in [0.05, 0.1) is 6.61 Å². The number of para-hydroxylation sites is 1. The molecule has 2 aromatic carbocycles. The van der Waals surface area contributed by atoms with Crippen LogP contribution in [0.25, 0.3) is 6.08 Å². The first-order valence-corrected chi connectivity index (χ1v) is 9.73. The highest BCUT2D eigenvalue weighted by Gasteiger charge is 2.04. The van der Waals surface area contributed by atoms with Crippen molar-refractivity contribution in [3.63, 3.8) is 0 Å². The summed E-state index contributed by atoms with van der Waals surface area (Å²) >= 11 is 0. The van der Waals surface area contributed by atoms with Crippen molar-refractivity contribution in [2.75, 3.05) is 29.9 Å². The van der Waals surface area contributed by atoms with E-state index in [1.165, 1.54) is 0 Å². The molecule has 0 saturated carbocycles. The summed E-state index contributed by atoms with van der Waals surface area (Å²) in [6.07, 6.45) is 5.44. The predicted molar refractivity (Wildman–Crippen MR) is 115 cm³/mol. The van der Waals surface area contributed by atoms with Gasteiger partial charge >= 0.3 is 0 Å². The maximum atomic E-state index is 12.2. The summed E-state index contributed by atoms with van der Waals surface area (Å²) in [6.45, 7) is 9.01. The highest BCUT2D eigenvalue weighted by atomic mass is 16.5. The molecule has 0 atom stereocenters. The molecule has 0 saturated heterocycles. The minimum absolute atomic E-state index is 0.158. The highest BCUT2D eigenvalue weighted by molar-refractivity contribution is 6.02. The Morgan fingerprint density at radius 1 is 1.04 bits per heavy atom. The van der Waals surface area contributed by atoms with Crippen molar-refractivity contribution < 1.29 is 9.53 Å². The van der Waals surface area contributed by atoms with Gasteiger partial charge in [-0.3, -0.25) is 4.79 Å². The molecular formula is C23H30N2O2. The predicted octanol–water partition coefficient (Wildman–Crippen LogP) is 5.36. The van der Waals surface area contributed by atoms with Crippen molar-refractivity contribution in [3.05, 3.63) is 60.2 Å². The van der Waals surface area contributed by atoms with E-state index >= 15 is 0 Å². The number of benzene rings is 2. The van der Waals surface area contributed by atoms with E-state index in [9.17, 15) is 4.79 Å². The fraction of sp³-hybridized carbons (Fsp3) is 0.348.